The van der Waals surface area contributed by atoms with Crippen LogP contribution in [0.1, 0.15) is 23.7 Å². The molecule has 1 aromatic rings. The zero-order valence-electron chi connectivity index (χ0n) is 8.38. The van der Waals surface area contributed by atoms with Crippen LogP contribution in [0.3, 0.4) is 0 Å². The quantitative estimate of drug-likeness (QED) is 0.743. The molecule has 1 aromatic heterocycles. The molecule has 1 saturated carbocycles. The molecule has 80 valence electrons. The highest BCUT2D eigenvalue weighted by molar-refractivity contribution is 6.02. The molecule has 0 saturated heterocycles. The van der Waals surface area contributed by atoms with Gasteiger partial charge in [0.2, 0.25) is 0 Å². The number of hydrogen-bond donors (Lipinski definition) is 1. The SMILES string of the molecule is CCn1cc(C(=O)[C@H]2C[C@@H]2C(=O)O)cn1. The van der Waals surface area contributed by atoms with Gasteiger partial charge in [-0.2, -0.15) is 5.10 Å². The van der Waals surface area contributed by atoms with Crippen molar-refractivity contribution < 1.29 is 14.7 Å². The van der Waals surface area contributed by atoms with Crippen LogP contribution >= 0.6 is 0 Å². The van der Waals surface area contributed by atoms with Crippen LogP contribution in [0.15, 0.2) is 12.4 Å². The Morgan fingerprint density at radius 1 is 1.60 bits per heavy atom. The third-order valence-electron chi connectivity index (χ3n) is 2.69. The molecule has 5 nitrogen and oxygen atoms in total. The van der Waals surface area contributed by atoms with E-state index in [0.717, 1.165) is 0 Å². The van der Waals surface area contributed by atoms with E-state index >= 15 is 0 Å². The lowest BCUT2D eigenvalue weighted by Crippen LogP contribution is -2.07. The first kappa shape index (κ1) is 9.89. The van der Waals surface area contributed by atoms with E-state index in [0.29, 0.717) is 18.5 Å². The van der Waals surface area contributed by atoms with Crippen molar-refractivity contribution >= 4 is 11.8 Å². The number of ketones is 1. The molecule has 0 aliphatic heterocycles. The van der Waals surface area contributed by atoms with Gasteiger partial charge in [-0.05, 0) is 13.3 Å². The maximum atomic E-state index is 11.7. The summed E-state index contributed by atoms with van der Waals surface area (Å²) >= 11 is 0. The van der Waals surface area contributed by atoms with Crippen molar-refractivity contribution in [1.82, 2.24) is 9.78 Å². The van der Waals surface area contributed by atoms with Crippen LogP contribution in [-0.4, -0.2) is 26.6 Å². The van der Waals surface area contributed by atoms with E-state index in [9.17, 15) is 9.59 Å². The third kappa shape index (κ3) is 1.77. The van der Waals surface area contributed by atoms with Gasteiger partial charge in [0.05, 0.1) is 17.7 Å². The first-order valence-electron chi connectivity index (χ1n) is 4.93. The Bertz CT molecular complexity index is 411. The van der Waals surface area contributed by atoms with Gasteiger partial charge in [0.1, 0.15) is 0 Å². The molecule has 15 heavy (non-hydrogen) atoms. The zero-order valence-corrected chi connectivity index (χ0v) is 8.38. The molecule has 1 aliphatic carbocycles. The summed E-state index contributed by atoms with van der Waals surface area (Å²) in [5, 5.41) is 12.7. The summed E-state index contributed by atoms with van der Waals surface area (Å²) in [6, 6.07) is 0. The Morgan fingerprint density at radius 3 is 2.80 bits per heavy atom. The molecule has 0 amide bonds. The number of carbonyl (C=O) groups excluding carboxylic acids is 1. The standard InChI is InChI=1S/C10H12N2O3/c1-2-12-5-6(4-11-12)9(13)7-3-8(7)10(14)15/h4-5,7-8H,2-3H2,1H3,(H,14,15)/t7-,8-/m0/s1. The van der Waals surface area contributed by atoms with Crippen LogP contribution in [0.2, 0.25) is 0 Å². The minimum absolute atomic E-state index is 0.0953. The minimum atomic E-state index is -0.878. The van der Waals surface area contributed by atoms with Crippen LogP contribution in [-0.2, 0) is 11.3 Å². The first-order valence-corrected chi connectivity index (χ1v) is 4.93. The van der Waals surface area contributed by atoms with Crippen molar-refractivity contribution in [1.29, 1.82) is 0 Å². The van der Waals surface area contributed by atoms with E-state index < -0.39 is 11.9 Å². The van der Waals surface area contributed by atoms with Crippen molar-refractivity contribution in [2.24, 2.45) is 11.8 Å². The summed E-state index contributed by atoms with van der Waals surface area (Å²) in [6.07, 6.45) is 3.63. The van der Waals surface area contributed by atoms with Gasteiger partial charge in [0, 0.05) is 18.7 Å². The summed E-state index contributed by atoms with van der Waals surface area (Å²) in [6.45, 7) is 2.64. The molecular weight excluding hydrogens is 196 g/mol. The monoisotopic (exact) mass is 208 g/mol. The maximum absolute atomic E-state index is 11.7. The summed E-state index contributed by atoms with van der Waals surface area (Å²) in [7, 11) is 0. The number of carboxylic acids is 1. The van der Waals surface area contributed by atoms with Gasteiger partial charge in [-0.15, -0.1) is 0 Å². The smallest absolute Gasteiger partial charge is 0.307 e. The highest BCUT2D eigenvalue weighted by Gasteiger charge is 2.48. The van der Waals surface area contributed by atoms with Crippen molar-refractivity contribution in [2.45, 2.75) is 19.9 Å². The lowest BCUT2D eigenvalue weighted by atomic mass is 10.1. The molecule has 0 radical (unpaired) electrons. The summed E-state index contributed by atoms with van der Waals surface area (Å²) in [4.78, 5) is 22.3. The Balaban J connectivity index is 2.06. The zero-order chi connectivity index (χ0) is 11.0. The topological polar surface area (TPSA) is 72.2 Å². The first-order chi connectivity index (χ1) is 7.13. The summed E-state index contributed by atoms with van der Waals surface area (Å²) in [5.41, 5.74) is 0.519. The van der Waals surface area contributed by atoms with Crippen molar-refractivity contribution in [2.75, 3.05) is 0 Å². The highest BCUT2D eigenvalue weighted by Crippen LogP contribution is 2.40. The molecule has 2 rings (SSSR count). The van der Waals surface area contributed by atoms with Gasteiger partial charge in [-0.3, -0.25) is 14.3 Å². The van der Waals surface area contributed by atoms with Gasteiger partial charge in [0.15, 0.2) is 5.78 Å². The second kappa shape index (κ2) is 3.49. The number of carboxylic acid groups (broad SMARTS) is 1. The van der Waals surface area contributed by atoms with Crippen LogP contribution in [0.5, 0.6) is 0 Å². The van der Waals surface area contributed by atoms with Crippen LogP contribution in [0.4, 0.5) is 0 Å². The Kier molecular flexibility index (Phi) is 2.30. The number of aromatic nitrogens is 2. The number of rotatable bonds is 4. The Morgan fingerprint density at radius 2 is 2.33 bits per heavy atom. The molecule has 0 unspecified atom stereocenters. The maximum Gasteiger partial charge on any atom is 0.307 e. The number of nitrogens with zero attached hydrogens (tertiary/aromatic N) is 2. The molecule has 1 heterocycles. The average molecular weight is 208 g/mol. The molecule has 0 aromatic carbocycles. The number of aryl methyl sites for hydroxylation is 1. The molecule has 0 spiro atoms. The lowest BCUT2D eigenvalue weighted by Gasteiger charge is -1.93. The fraction of sp³-hybridized carbons (Fsp3) is 0.500. The third-order valence-corrected chi connectivity index (χ3v) is 2.69. The van der Waals surface area contributed by atoms with Gasteiger partial charge >= 0.3 is 5.97 Å². The summed E-state index contributed by atoms with van der Waals surface area (Å²) < 4.78 is 1.66. The molecule has 1 aliphatic rings. The summed E-state index contributed by atoms with van der Waals surface area (Å²) in [5.74, 6) is -1.79. The molecular formula is C10H12N2O3. The minimum Gasteiger partial charge on any atom is -0.481 e. The van der Waals surface area contributed by atoms with Crippen LogP contribution in [0, 0.1) is 11.8 Å². The number of hydrogen-bond acceptors (Lipinski definition) is 3. The predicted octanol–water partition coefficient (Wildman–Crippen LogP) is 0.806. The van der Waals surface area contributed by atoms with Crippen molar-refractivity contribution in [3.63, 3.8) is 0 Å². The van der Waals surface area contributed by atoms with Crippen LogP contribution in [0.25, 0.3) is 0 Å². The molecule has 0 bridgehead atoms. The van der Waals surface area contributed by atoms with E-state index in [1.807, 2.05) is 6.92 Å². The Hall–Kier alpha value is -1.65. The molecule has 1 N–H and O–H groups in total. The number of carbonyl (C=O) groups is 2. The van der Waals surface area contributed by atoms with E-state index in [-0.39, 0.29) is 11.7 Å². The van der Waals surface area contributed by atoms with Crippen LogP contribution < -0.4 is 0 Å². The fourth-order valence-corrected chi connectivity index (χ4v) is 1.64. The number of aliphatic carboxylic acids is 1. The van der Waals surface area contributed by atoms with Gasteiger partial charge in [-0.1, -0.05) is 0 Å². The van der Waals surface area contributed by atoms with Gasteiger partial charge in [0.25, 0.3) is 0 Å². The Labute approximate surface area is 86.7 Å². The van der Waals surface area contributed by atoms with Crippen molar-refractivity contribution in [3.8, 4) is 0 Å². The largest absolute Gasteiger partial charge is 0.481 e. The van der Waals surface area contributed by atoms with E-state index in [1.165, 1.54) is 6.20 Å². The van der Waals surface area contributed by atoms with Gasteiger partial charge in [-0.25, -0.2) is 0 Å². The van der Waals surface area contributed by atoms with E-state index in [1.54, 1.807) is 10.9 Å². The lowest BCUT2D eigenvalue weighted by molar-refractivity contribution is -0.138. The highest BCUT2D eigenvalue weighted by atomic mass is 16.4. The number of Topliss-reactive ketones (excluding diaryl/α,β-unsaturated/α-hetero) is 1. The van der Waals surface area contributed by atoms with Crippen molar-refractivity contribution in [3.05, 3.63) is 18.0 Å². The van der Waals surface area contributed by atoms with E-state index in [4.69, 9.17) is 5.11 Å². The molecule has 1 fully saturated rings. The second-order valence-corrected chi connectivity index (χ2v) is 3.74. The fourth-order valence-electron chi connectivity index (χ4n) is 1.64. The predicted molar refractivity (Wildman–Crippen MR) is 51.5 cm³/mol. The molecule has 2 atom stereocenters. The normalized spacial score (nSPS) is 23.8. The molecule has 5 heteroatoms. The average Bonchev–Trinajstić information content (AvgIpc) is 2.88. The van der Waals surface area contributed by atoms with Gasteiger partial charge < -0.3 is 5.11 Å². The van der Waals surface area contributed by atoms with E-state index in [2.05, 4.69) is 5.10 Å². The second-order valence-electron chi connectivity index (χ2n) is 3.74.